The zero-order valence-electron chi connectivity index (χ0n) is 23.2. The van der Waals surface area contributed by atoms with Crippen molar-refractivity contribution in [3.05, 3.63) is 98.9 Å². The van der Waals surface area contributed by atoms with Crippen LogP contribution in [-0.4, -0.2) is 23.7 Å². The van der Waals surface area contributed by atoms with Gasteiger partial charge in [0.15, 0.2) is 70.0 Å². The van der Waals surface area contributed by atoms with Crippen molar-refractivity contribution < 1.29 is 87.8 Å². The van der Waals surface area contributed by atoms with Crippen LogP contribution in [0.2, 0.25) is 5.31 Å². The molecule has 0 bridgehead atoms. The highest BCUT2D eigenvalue weighted by atomic mass is 19.2. The van der Waals surface area contributed by atoms with E-state index in [4.69, 9.17) is 0 Å². The van der Waals surface area contributed by atoms with Gasteiger partial charge in [-0.25, -0.2) is 87.8 Å². The Morgan fingerprint density at radius 3 is 0.833 bits per heavy atom. The second kappa shape index (κ2) is 11.0. The van der Waals surface area contributed by atoms with Crippen molar-refractivity contribution in [2.24, 2.45) is 0 Å². The number of alkyl halides is 3. The molecule has 0 saturated carbocycles. The van der Waals surface area contributed by atoms with Crippen molar-refractivity contribution in [1.82, 2.24) is 0 Å². The van der Waals surface area contributed by atoms with E-state index in [0.717, 1.165) is 0 Å². The highest BCUT2D eigenvalue weighted by Crippen LogP contribution is 2.66. The minimum Gasteiger partial charge on any atom is -0.243 e. The molecule has 0 heterocycles. The van der Waals surface area contributed by atoms with Gasteiger partial charge in [-0.2, -0.15) is 0 Å². The van der Waals surface area contributed by atoms with Crippen LogP contribution < -0.4 is 16.4 Å². The average Bonchev–Trinajstić information content (AvgIpc) is 3.03. The molecule has 0 radical (unpaired) electrons. The summed E-state index contributed by atoms with van der Waals surface area (Å²) in [4.78, 5) is 0. The Morgan fingerprint density at radius 1 is 0.396 bits per heavy atom. The lowest BCUT2D eigenvalue weighted by Gasteiger charge is -2.64. The van der Waals surface area contributed by atoms with E-state index < -0.39 is 165 Å². The zero-order valence-corrected chi connectivity index (χ0v) is 23.2. The monoisotopic (exact) mass is 725 g/mol. The van der Waals surface area contributed by atoms with Gasteiger partial charge >= 0.3 is 0 Å². The predicted molar refractivity (Wildman–Crippen MR) is 125 cm³/mol. The Morgan fingerprint density at radius 2 is 0.604 bits per heavy atom. The summed E-state index contributed by atoms with van der Waals surface area (Å²) in [5.41, 5.74) is -20.8. The molecule has 0 aliphatic heterocycles. The lowest BCUT2D eigenvalue weighted by Crippen LogP contribution is -2.83. The van der Waals surface area contributed by atoms with Crippen molar-refractivity contribution in [3.8, 4) is 0 Å². The van der Waals surface area contributed by atoms with Crippen LogP contribution in [0.15, 0.2) is 11.7 Å². The maximum atomic E-state index is 17.0. The van der Waals surface area contributed by atoms with Crippen LogP contribution in [0, 0.1) is 87.3 Å². The van der Waals surface area contributed by atoms with E-state index in [1.165, 1.54) is 0 Å². The van der Waals surface area contributed by atoms with Gasteiger partial charge in [0.25, 0.3) is 0 Å². The second-order valence-electron chi connectivity index (χ2n) is 11.1. The highest BCUT2D eigenvalue weighted by molar-refractivity contribution is 7.14. The van der Waals surface area contributed by atoms with Crippen LogP contribution in [0.25, 0.3) is 0 Å². The SMILES string of the molecule is CC1(F)C(F)C(F)=C(F)C(C)([B-](c2c(F)c(F)c(F)c(F)c2F)(c2c(F)c(F)c(F)c(F)c2F)c2c(F)c(F)c(F)c(F)c2F)C1(C)F. The fourth-order valence-electron chi connectivity index (χ4n) is 6.45. The molecule has 21 heteroatoms. The molecule has 0 spiro atoms. The smallest absolute Gasteiger partial charge is 0.200 e. The second-order valence-corrected chi connectivity index (χ2v) is 11.1. The van der Waals surface area contributed by atoms with Gasteiger partial charge in [-0.15, -0.1) is 16.4 Å². The predicted octanol–water partition coefficient (Wildman–Crippen LogP) is 7.96. The molecule has 0 nitrogen and oxygen atoms in total. The van der Waals surface area contributed by atoms with E-state index in [-0.39, 0.29) is 0 Å². The quantitative estimate of drug-likeness (QED) is 0.111. The first-order chi connectivity index (χ1) is 21.8. The van der Waals surface area contributed by atoms with Crippen molar-refractivity contribution >= 4 is 22.5 Å². The van der Waals surface area contributed by atoms with Crippen LogP contribution in [0.5, 0.6) is 0 Å². The van der Waals surface area contributed by atoms with E-state index in [1.54, 1.807) is 0 Å². The Kier molecular flexibility index (Phi) is 8.49. The van der Waals surface area contributed by atoms with Crippen LogP contribution in [0.4, 0.5) is 87.8 Å². The van der Waals surface area contributed by atoms with E-state index in [2.05, 4.69) is 0 Å². The van der Waals surface area contributed by atoms with Crippen molar-refractivity contribution in [3.63, 3.8) is 0 Å². The van der Waals surface area contributed by atoms with Gasteiger partial charge in [-0.05, 0) is 13.8 Å². The number of hydrogen-bond acceptors (Lipinski definition) is 0. The number of rotatable bonds is 4. The fraction of sp³-hybridized carbons (Fsp3) is 0.259. The topological polar surface area (TPSA) is 0 Å². The molecule has 4 rings (SSSR count). The first-order valence-corrected chi connectivity index (χ1v) is 12.5. The van der Waals surface area contributed by atoms with E-state index >= 15 is 43.9 Å². The molecule has 4 atom stereocenters. The molecular formula is C27H10BF20-. The van der Waals surface area contributed by atoms with E-state index in [9.17, 15) is 43.9 Å². The third-order valence-electron chi connectivity index (χ3n) is 9.15. The van der Waals surface area contributed by atoms with Gasteiger partial charge in [0.05, 0.1) is 0 Å². The maximum Gasteiger partial charge on any atom is 0.200 e. The first kappa shape index (κ1) is 36.9. The van der Waals surface area contributed by atoms with Gasteiger partial charge in [0.2, 0.25) is 0 Å². The summed E-state index contributed by atoms with van der Waals surface area (Å²) >= 11 is 0. The number of halogens is 20. The third-order valence-corrected chi connectivity index (χ3v) is 9.15. The molecular weight excluding hydrogens is 715 g/mol. The van der Waals surface area contributed by atoms with Crippen LogP contribution in [-0.2, 0) is 0 Å². The number of hydrogen-bond donors (Lipinski definition) is 0. The molecule has 0 amide bonds. The summed E-state index contributed by atoms with van der Waals surface area (Å²) in [5.74, 6) is -60.2. The van der Waals surface area contributed by atoms with Gasteiger partial charge in [0.1, 0.15) is 52.5 Å². The molecule has 3 aromatic carbocycles. The van der Waals surface area contributed by atoms with Gasteiger partial charge in [-0.1, -0.05) is 12.2 Å². The summed E-state index contributed by atoms with van der Waals surface area (Å²) < 4.78 is 305. The highest BCUT2D eigenvalue weighted by Gasteiger charge is 2.74. The third kappa shape index (κ3) is 4.01. The van der Waals surface area contributed by atoms with Crippen LogP contribution in [0.1, 0.15) is 20.8 Å². The van der Waals surface area contributed by atoms with E-state index in [1.807, 2.05) is 0 Å². The molecule has 0 fully saturated rings. The summed E-state index contributed by atoms with van der Waals surface area (Å²) in [6.07, 6.45) is -11.5. The van der Waals surface area contributed by atoms with Gasteiger partial charge < -0.3 is 0 Å². The molecule has 4 unspecified atom stereocenters. The summed E-state index contributed by atoms with van der Waals surface area (Å²) in [7, 11) is 0. The maximum absolute atomic E-state index is 17.0. The summed E-state index contributed by atoms with van der Waals surface area (Å²) in [5, 5.41) is -5.36. The van der Waals surface area contributed by atoms with E-state index in [0.29, 0.717) is 0 Å². The summed E-state index contributed by atoms with van der Waals surface area (Å²) in [6.45, 7) is -1.68. The summed E-state index contributed by atoms with van der Waals surface area (Å²) in [6, 6.07) is 0. The first-order valence-electron chi connectivity index (χ1n) is 12.5. The Labute approximate surface area is 253 Å². The van der Waals surface area contributed by atoms with Crippen molar-refractivity contribution in [2.45, 2.75) is 43.6 Å². The molecule has 48 heavy (non-hydrogen) atoms. The lowest BCUT2D eigenvalue weighted by atomic mass is 9.03. The zero-order chi connectivity index (χ0) is 37.1. The van der Waals surface area contributed by atoms with Crippen molar-refractivity contribution in [2.75, 3.05) is 0 Å². The fourth-order valence-corrected chi connectivity index (χ4v) is 6.45. The lowest BCUT2D eigenvalue weighted by molar-refractivity contribution is -0.0984. The Hall–Kier alpha value is -3.94. The number of benzene rings is 3. The Balaban J connectivity index is 2.72. The molecule has 262 valence electrons. The molecule has 0 saturated heterocycles. The minimum atomic E-state index is -7.24. The van der Waals surface area contributed by atoms with Gasteiger partial charge in [0, 0.05) is 0 Å². The average molecular weight is 725 g/mol. The normalized spacial score (nSPS) is 24.9. The molecule has 1 aliphatic rings. The number of allylic oxidation sites excluding steroid dienone is 2. The Bertz CT molecular complexity index is 1690. The van der Waals surface area contributed by atoms with Crippen LogP contribution in [0.3, 0.4) is 0 Å². The molecule has 0 N–H and O–H groups in total. The molecule has 0 aromatic heterocycles. The van der Waals surface area contributed by atoms with Crippen LogP contribution >= 0.6 is 0 Å². The molecule has 1 aliphatic carbocycles. The van der Waals surface area contributed by atoms with Crippen molar-refractivity contribution in [1.29, 1.82) is 0 Å². The minimum absolute atomic E-state index is 0.432. The molecule has 3 aromatic rings. The largest absolute Gasteiger partial charge is 0.243 e. The van der Waals surface area contributed by atoms with Gasteiger partial charge in [-0.3, -0.25) is 0 Å². The standard InChI is InChI=1S/C27H10BF20/c1-25(23(45)22(44)24(46)26(2,47)27(25,3)48)28(4-7(29)13(35)19(41)14(36)8(4)30,5-9(31)15(37)20(42)16(38)10(5)32)6-11(33)17(39)21(43)18(40)12(6)34/h24H,1-3H3/q-1.